The van der Waals surface area contributed by atoms with Crippen molar-refractivity contribution in [1.82, 2.24) is 0 Å². The zero-order chi connectivity index (χ0) is 11.3. The first-order valence-corrected chi connectivity index (χ1v) is 6.88. The van der Waals surface area contributed by atoms with Crippen LogP contribution in [0.25, 0.3) is 0 Å². The minimum absolute atomic E-state index is 0.265. The minimum atomic E-state index is -0.717. The summed E-state index contributed by atoms with van der Waals surface area (Å²) in [4.78, 5) is 10.6. The lowest BCUT2D eigenvalue weighted by Gasteiger charge is -2.05. The molecule has 1 aromatic rings. The fourth-order valence-corrected chi connectivity index (χ4v) is 2.41. The smallest absolute Gasteiger partial charge is 0.307 e. The van der Waals surface area contributed by atoms with Gasteiger partial charge in [-0.3, -0.25) is 4.79 Å². The van der Waals surface area contributed by atoms with Crippen molar-refractivity contribution in [3.8, 4) is 0 Å². The van der Waals surface area contributed by atoms with Crippen LogP contribution in [0.3, 0.4) is 0 Å². The zero-order valence-corrected chi connectivity index (χ0v) is 11.4. The van der Waals surface area contributed by atoms with Crippen molar-refractivity contribution in [2.75, 3.05) is 5.75 Å². The van der Waals surface area contributed by atoms with Crippen LogP contribution >= 0.6 is 34.4 Å². The number of hydrogen-bond acceptors (Lipinski definition) is 2. The van der Waals surface area contributed by atoms with E-state index in [2.05, 4.69) is 46.9 Å². The summed E-state index contributed by atoms with van der Waals surface area (Å²) < 4.78 is 1.22. The van der Waals surface area contributed by atoms with E-state index in [0.717, 1.165) is 5.75 Å². The van der Waals surface area contributed by atoms with Gasteiger partial charge in [-0.25, -0.2) is 0 Å². The molecule has 0 radical (unpaired) electrons. The quantitative estimate of drug-likeness (QED) is 0.839. The molecule has 1 aromatic carbocycles. The van der Waals surface area contributed by atoms with Crippen molar-refractivity contribution >= 4 is 40.3 Å². The third-order valence-corrected chi connectivity index (χ3v) is 3.96. The largest absolute Gasteiger partial charge is 0.481 e. The Morgan fingerprint density at radius 2 is 2.07 bits per heavy atom. The Kier molecular flexibility index (Phi) is 5.45. The van der Waals surface area contributed by atoms with Gasteiger partial charge >= 0.3 is 5.97 Å². The molecule has 1 atom stereocenters. The lowest BCUT2D eigenvalue weighted by atomic mass is 10.2. The summed E-state index contributed by atoms with van der Waals surface area (Å²) in [6, 6.07) is 8.30. The predicted molar refractivity (Wildman–Crippen MR) is 72.1 cm³/mol. The number of thioether (sulfide) groups is 1. The Balaban J connectivity index is 2.32. The SMILES string of the molecule is CC(CSCc1ccc(I)cc1)C(=O)O. The molecule has 15 heavy (non-hydrogen) atoms. The molecule has 0 spiro atoms. The van der Waals surface area contributed by atoms with E-state index in [1.54, 1.807) is 18.7 Å². The molecule has 4 heteroatoms. The Bertz CT molecular complexity index is 324. The van der Waals surface area contributed by atoms with Gasteiger partial charge in [0, 0.05) is 15.1 Å². The van der Waals surface area contributed by atoms with Gasteiger partial charge in [0.25, 0.3) is 0 Å². The second-order valence-corrected chi connectivity index (χ2v) is 5.66. The highest BCUT2D eigenvalue weighted by molar-refractivity contribution is 14.1. The molecule has 1 rings (SSSR count). The molecule has 0 aromatic heterocycles. The van der Waals surface area contributed by atoms with Gasteiger partial charge in [0.15, 0.2) is 0 Å². The number of halogens is 1. The number of carboxylic acid groups (broad SMARTS) is 1. The van der Waals surface area contributed by atoms with E-state index < -0.39 is 5.97 Å². The summed E-state index contributed by atoms with van der Waals surface area (Å²) in [5.74, 6) is 0.569. The molecule has 0 aliphatic heterocycles. The van der Waals surface area contributed by atoms with Crippen LogP contribution in [0.15, 0.2) is 24.3 Å². The molecule has 1 unspecified atom stereocenters. The first-order valence-electron chi connectivity index (χ1n) is 4.64. The highest BCUT2D eigenvalue weighted by Gasteiger charge is 2.09. The molecule has 2 nitrogen and oxygen atoms in total. The third-order valence-electron chi connectivity index (χ3n) is 1.97. The van der Waals surface area contributed by atoms with Crippen molar-refractivity contribution in [3.63, 3.8) is 0 Å². The summed E-state index contributed by atoms with van der Waals surface area (Å²) in [5, 5.41) is 8.70. The van der Waals surface area contributed by atoms with E-state index in [0.29, 0.717) is 5.75 Å². The number of rotatable bonds is 5. The highest BCUT2D eigenvalue weighted by atomic mass is 127. The van der Waals surface area contributed by atoms with Gasteiger partial charge in [-0.2, -0.15) is 11.8 Å². The minimum Gasteiger partial charge on any atom is -0.481 e. The molecule has 0 amide bonds. The average Bonchev–Trinajstić information content (AvgIpc) is 2.20. The molecular weight excluding hydrogens is 323 g/mol. The van der Waals surface area contributed by atoms with Crippen molar-refractivity contribution < 1.29 is 9.90 Å². The molecule has 1 N–H and O–H groups in total. The maximum atomic E-state index is 10.6. The molecule has 0 saturated heterocycles. The van der Waals surface area contributed by atoms with Crippen LogP contribution in [0.2, 0.25) is 0 Å². The van der Waals surface area contributed by atoms with E-state index in [-0.39, 0.29) is 5.92 Å². The Labute approximate surface area is 108 Å². The van der Waals surface area contributed by atoms with Gasteiger partial charge in [0.05, 0.1) is 5.92 Å². The number of carbonyl (C=O) groups is 1. The van der Waals surface area contributed by atoms with E-state index >= 15 is 0 Å². The number of aliphatic carboxylic acids is 1. The maximum Gasteiger partial charge on any atom is 0.307 e. The molecule has 0 bridgehead atoms. The van der Waals surface area contributed by atoms with Gasteiger partial charge in [0.1, 0.15) is 0 Å². The van der Waals surface area contributed by atoms with Gasteiger partial charge < -0.3 is 5.11 Å². The molecule has 82 valence electrons. The molecular formula is C11H13IO2S. The monoisotopic (exact) mass is 336 g/mol. The van der Waals surface area contributed by atoms with Crippen LogP contribution in [-0.2, 0) is 10.5 Å². The van der Waals surface area contributed by atoms with E-state index in [4.69, 9.17) is 5.11 Å². The average molecular weight is 336 g/mol. The second-order valence-electron chi connectivity index (χ2n) is 3.38. The Morgan fingerprint density at radius 3 is 2.60 bits per heavy atom. The van der Waals surface area contributed by atoms with Crippen LogP contribution in [0.5, 0.6) is 0 Å². The highest BCUT2D eigenvalue weighted by Crippen LogP contribution is 2.16. The number of hydrogen-bond donors (Lipinski definition) is 1. The van der Waals surface area contributed by atoms with Gasteiger partial charge in [-0.1, -0.05) is 19.1 Å². The van der Waals surface area contributed by atoms with E-state index in [9.17, 15) is 4.79 Å². The molecule has 0 saturated carbocycles. The summed E-state index contributed by atoms with van der Waals surface area (Å²) in [6.07, 6.45) is 0. The predicted octanol–water partition coefficient (Wildman–Crippen LogP) is 3.25. The van der Waals surface area contributed by atoms with Crippen molar-refractivity contribution in [3.05, 3.63) is 33.4 Å². The van der Waals surface area contributed by atoms with Crippen LogP contribution in [0.4, 0.5) is 0 Å². The first-order chi connectivity index (χ1) is 7.09. The number of carboxylic acids is 1. The van der Waals surface area contributed by atoms with E-state index in [1.807, 2.05) is 0 Å². The Hall–Kier alpha value is -0.230. The normalized spacial score (nSPS) is 12.4. The zero-order valence-electron chi connectivity index (χ0n) is 8.44. The molecule has 0 heterocycles. The Morgan fingerprint density at radius 1 is 1.47 bits per heavy atom. The van der Waals surface area contributed by atoms with Gasteiger partial charge in [-0.15, -0.1) is 0 Å². The summed E-state index contributed by atoms with van der Waals surface area (Å²) >= 11 is 3.93. The number of benzene rings is 1. The summed E-state index contributed by atoms with van der Waals surface area (Å²) in [7, 11) is 0. The lowest BCUT2D eigenvalue weighted by Crippen LogP contribution is -2.11. The van der Waals surface area contributed by atoms with Crippen LogP contribution in [0, 0.1) is 9.49 Å². The van der Waals surface area contributed by atoms with Crippen LogP contribution < -0.4 is 0 Å². The van der Waals surface area contributed by atoms with Crippen molar-refractivity contribution in [2.24, 2.45) is 5.92 Å². The van der Waals surface area contributed by atoms with Crippen LogP contribution in [0.1, 0.15) is 12.5 Å². The van der Waals surface area contributed by atoms with Crippen LogP contribution in [-0.4, -0.2) is 16.8 Å². The molecule has 0 aliphatic carbocycles. The first kappa shape index (κ1) is 12.8. The second kappa shape index (κ2) is 6.37. The maximum absolute atomic E-state index is 10.6. The van der Waals surface area contributed by atoms with E-state index in [1.165, 1.54) is 9.13 Å². The third kappa shape index (κ3) is 4.88. The molecule has 0 aliphatic rings. The fraction of sp³-hybridized carbons (Fsp3) is 0.364. The summed E-state index contributed by atoms with van der Waals surface area (Å²) in [5.41, 5.74) is 1.25. The molecule has 0 fully saturated rings. The standard InChI is InChI=1S/C11H13IO2S/c1-8(11(13)14)6-15-7-9-2-4-10(12)5-3-9/h2-5,8H,6-7H2,1H3,(H,13,14). The van der Waals surface area contributed by atoms with Crippen molar-refractivity contribution in [1.29, 1.82) is 0 Å². The van der Waals surface area contributed by atoms with Gasteiger partial charge in [-0.05, 0) is 40.3 Å². The summed E-state index contributed by atoms with van der Waals surface area (Å²) in [6.45, 7) is 1.74. The lowest BCUT2D eigenvalue weighted by molar-refractivity contribution is -0.140. The van der Waals surface area contributed by atoms with Gasteiger partial charge in [0.2, 0.25) is 0 Å². The fourth-order valence-electron chi connectivity index (χ4n) is 1.01. The topological polar surface area (TPSA) is 37.3 Å². The van der Waals surface area contributed by atoms with Crippen molar-refractivity contribution in [2.45, 2.75) is 12.7 Å².